The van der Waals surface area contributed by atoms with Gasteiger partial charge in [0.25, 0.3) is 0 Å². The summed E-state index contributed by atoms with van der Waals surface area (Å²) in [6.45, 7) is 3.20. The van der Waals surface area contributed by atoms with Crippen LogP contribution >= 0.6 is 11.3 Å². The Balaban J connectivity index is 1.62. The first-order valence-electron chi connectivity index (χ1n) is 8.76. The summed E-state index contributed by atoms with van der Waals surface area (Å²) in [6.07, 6.45) is -0.0584. The van der Waals surface area contributed by atoms with Gasteiger partial charge in [-0.05, 0) is 36.4 Å². The molecule has 2 unspecified atom stereocenters. The number of rotatable bonds is 8. The third kappa shape index (κ3) is 5.30. The number of hydrogen-bond acceptors (Lipinski definition) is 6. The molecule has 2 heterocycles. The second kappa shape index (κ2) is 8.52. The summed E-state index contributed by atoms with van der Waals surface area (Å²) in [7, 11) is -2.97. The van der Waals surface area contributed by atoms with Crippen molar-refractivity contribution in [2.75, 3.05) is 24.7 Å². The second-order valence-corrected chi connectivity index (χ2v) is 10.1. The average molecular weight is 396 g/mol. The number of thiophene rings is 1. The average Bonchev–Trinajstić information content (AvgIpc) is 3.23. The molecule has 0 spiro atoms. The Hall–Kier alpha value is -1.41. The minimum absolute atomic E-state index is 0.0461. The molecule has 2 aromatic rings. The summed E-state index contributed by atoms with van der Waals surface area (Å²) < 4.78 is 29.5. The minimum Gasteiger partial charge on any atom is -0.491 e. The van der Waals surface area contributed by atoms with Gasteiger partial charge in [0.05, 0.1) is 11.5 Å². The number of aliphatic hydroxyl groups is 1. The van der Waals surface area contributed by atoms with Crippen LogP contribution in [0.4, 0.5) is 0 Å². The summed E-state index contributed by atoms with van der Waals surface area (Å²) >= 11 is 1.65. The molecular weight excluding hydrogens is 370 g/mol. The molecule has 2 atom stereocenters. The van der Waals surface area contributed by atoms with Crippen molar-refractivity contribution in [2.24, 2.45) is 0 Å². The van der Waals surface area contributed by atoms with E-state index in [4.69, 9.17) is 4.74 Å². The van der Waals surface area contributed by atoms with Gasteiger partial charge >= 0.3 is 0 Å². The Morgan fingerprint density at radius 3 is 2.77 bits per heavy atom. The van der Waals surface area contributed by atoms with Gasteiger partial charge in [0.2, 0.25) is 0 Å². The van der Waals surface area contributed by atoms with Crippen molar-refractivity contribution in [1.82, 2.24) is 4.90 Å². The topological polar surface area (TPSA) is 66.8 Å². The highest BCUT2D eigenvalue weighted by Gasteiger charge is 2.33. The highest BCUT2D eigenvalue weighted by Crippen LogP contribution is 2.22. The largest absolute Gasteiger partial charge is 0.491 e. The van der Waals surface area contributed by atoms with Crippen LogP contribution in [0.1, 0.15) is 16.9 Å². The molecular formula is C19H25NO4S2. The number of para-hydroxylation sites is 1. The molecule has 7 heteroatoms. The summed E-state index contributed by atoms with van der Waals surface area (Å²) in [6, 6.07) is 11.7. The number of nitrogens with zero attached hydrogens (tertiary/aromatic N) is 1. The second-order valence-electron chi connectivity index (χ2n) is 6.80. The van der Waals surface area contributed by atoms with Crippen molar-refractivity contribution in [3.05, 3.63) is 52.2 Å². The van der Waals surface area contributed by atoms with Crippen molar-refractivity contribution in [1.29, 1.82) is 0 Å². The Kier molecular flexibility index (Phi) is 6.34. The van der Waals surface area contributed by atoms with Crippen molar-refractivity contribution in [3.8, 4) is 5.75 Å². The van der Waals surface area contributed by atoms with E-state index in [-0.39, 0.29) is 24.2 Å². The molecule has 0 saturated carbocycles. The molecule has 26 heavy (non-hydrogen) atoms. The van der Waals surface area contributed by atoms with Gasteiger partial charge in [-0.25, -0.2) is 8.42 Å². The number of ether oxygens (including phenoxy) is 1. The SMILES string of the molecule is Cc1ccccc1OCC(O)CN(Cc1cccs1)C1CCS(=O)(=O)C1. The molecule has 0 amide bonds. The van der Waals surface area contributed by atoms with Crippen LogP contribution in [0.2, 0.25) is 0 Å². The number of benzene rings is 1. The van der Waals surface area contributed by atoms with E-state index < -0.39 is 15.9 Å². The maximum atomic E-state index is 11.9. The Morgan fingerprint density at radius 1 is 1.31 bits per heavy atom. The van der Waals surface area contributed by atoms with E-state index in [1.165, 1.54) is 4.88 Å². The molecule has 1 fully saturated rings. The van der Waals surface area contributed by atoms with E-state index in [0.29, 0.717) is 19.5 Å². The highest BCUT2D eigenvalue weighted by molar-refractivity contribution is 7.91. The highest BCUT2D eigenvalue weighted by atomic mass is 32.2. The molecule has 1 aliphatic rings. The predicted molar refractivity (Wildman–Crippen MR) is 104 cm³/mol. The molecule has 0 aliphatic carbocycles. The lowest BCUT2D eigenvalue weighted by molar-refractivity contribution is 0.0527. The fraction of sp³-hybridized carbons (Fsp3) is 0.474. The molecule has 1 saturated heterocycles. The number of sulfone groups is 1. The van der Waals surface area contributed by atoms with Crippen LogP contribution < -0.4 is 4.74 Å². The zero-order valence-corrected chi connectivity index (χ0v) is 16.5. The number of aliphatic hydroxyl groups excluding tert-OH is 1. The van der Waals surface area contributed by atoms with Crippen LogP contribution in [0.5, 0.6) is 5.75 Å². The molecule has 5 nitrogen and oxygen atoms in total. The number of aryl methyl sites for hydroxylation is 1. The Labute approximate surface area is 159 Å². The maximum absolute atomic E-state index is 11.9. The fourth-order valence-electron chi connectivity index (χ4n) is 3.24. The normalized spacial score (nSPS) is 20.3. The summed E-state index contributed by atoms with van der Waals surface area (Å²) in [5, 5.41) is 12.5. The third-order valence-corrected chi connectivity index (χ3v) is 7.25. The lowest BCUT2D eigenvalue weighted by atomic mass is 10.2. The van der Waals surface area contributed by atoms with Gasteiger partial charge in [-0.3, -0.25) is 4.90 Å². The first-order chi connectivity index (χ1) is 12.4. The van der Waals surface area contributed by atoms with Crippen LogP contribution in [0, 0.1) is 6.92 Å². The third-order valence-electron chi connectivity index (χ3n) is 4.63. The van der Waals surface area contributed by atoms with Crippen molar-refractivity contribution < 1.29 is 18.3 Å². The van der Waals surface area contributed by atoms with Crippen LogP contribution in [0.25, 0.3) is 0 Å². The van der Waals surface area contributed by atoms with Crippen LogP contribution in [0.15, 0.2) is 41.8 Å². The number of hydrogen-bond donors (Lipinski definition) is 1. The van der Waals surface area contributed by atoms with E-state index in [1.54, 1.807) is 11.3 Å². The van der Waals surface area contributed by atoms with Gasteiger partial charge in [0.15, 0.2) is 9.84 Å². The van der Waals surface area contributed by atoms with Crippen LogP contribution in [-0.2, 0) is 16.4 Å². The first kappa shape index (κ1) is 19.4. The lowest BCUT2D eigenvalue weighted by Gasteiger charge is -2.29. The molecule has 1 aromatic carbocycles. The van der Waals surface area contributed by atoms with Crippen molar-refractivity contribution in [2.45, 2.75) is 32.0 Å². The van der Waals surface area contributed by atoms with Crippen LogP contribution in [0.3, 0.4) is 0 Å². The monoisotopic (exact) mass is 395 g/mol. The molecule has 142 valence electrons. The van der Waals surface area contributed by atoms with E-state index in [0.717, 1.165) is 11.3 Å². The smallest absolute Gasteiger partial charge is 0.151 e. The van der Waals surface area contributed by atoms with Crippen LogP contribution in [-0.4, -0.2) is 55.2 Å². The van der Waals surface area contributed by atoms with E-state index in [2.05, 4.69) is 4.90 Å². The molecule has 0 bridgehead atoms. The van der Waals surface area contributed by atoms with Gasteiger partial charge in [-0.1, -0.05) is 24.3 Å². The van der Waals surface area contributed by atoms with Gasteiger partial charge < -0.3 is 9.84 Å². The first-order valence-corrected chi connectivity index (χ1v) is 11.5. The fourth-order valence-corrected chi connectivity index (χ4v) is 5.73. The molecule has 3 rings (SSSR count). The summed E-state index contributed by atoms with van der Waals surface area (Å²) in [5.41, 5.74) is 1.03. The van der Waals surface area contributed by atoms with E-state index in [1.807, 2.05) is 48.7 Å². The Bertz CT molecular complexity index is 805. The van der Waals surface area contributed by atoms with E-state index in [9.17, 15) is 13.5 Å². The zero-order valence-electron chi connectivity index (χ0n) is 14.9. The molecule has 0 radical (unpaired) electrons. The van der Waals surface area contributed by atoms with E-state index >= 15 is 0 Å². The molecule has 1 N–H and O–H groups in total. The zero-order chi connectivity index (χ0) is 18.6. The summed E-state index contributed by atoms with van der Waals surface area (Å²) in [5.74, 6) is 1.16. The molecule has 1 aromatic heterocycles. The quantitative estimate of drug-likeness (QED) is 0.744. The minimum atomic E-state index is -2.97. The predicted octanol–water partition coefficient (Wildman–Crippen LogP) is 2.49. The lowest BCUT2D eigenvalue weighted by Crippen LogP contribution is -2.42. The van der Waals surface area contributed by atoms with Gasteiger partial charge in [0, 0.05) is 24.0 Å². The summed E-state index contributed by atoms with van der Waals surface area (Å²) in [4.78, 5) is 3.25. The van der Waals surface area contributed by atoms with Crippen molar-refractivity contribution in [3.63, 3.8) is 0 Å². The molecule has 1 aliphatic heterocycles. The van der Waals surface area contributed by atoms with Crippen molar-refractivity contribution >= 4 is 21.2 Å². The Morgan fingerprint density at radius 2 is 2.12 bits per heavy atom. The van der Waals surface area contributed by atoms with Gasteiger partial charge in [-0.15, -0.1) is 11.3 Å². The van der Waals surface area contributed by atoms with Gasteiger partial charge in [-0.2, -0.15) is 0 Å². The standard InChI is InChI=1S/C19H25NO4S2/c1-15-5-2-3-7-19(15)24-13-17(21)11-20(12-18-6-4-9-25-18)16-8-10-26(22,23)14-16/h2-7,9,16-17,21H,8,10-14H2,1H3. The van der Waals surface area contributed by atoms with Gasteiger partial charge in [0.1, 0.15) is 18.5 Å². The maximum Gasteiger partial charge on any atom is 0.151 e.